The first-order valence-corrected chi connectivity index (χ1v) is 10.9. The molecule has 0 fully saturated rings. The SMILES string of the molecule is COc1ccc(/C=C/C(=O)NCc2cc3c([nH]c4ccccc43)c(-c3ccc(O)cc3)n2)cc1. The standard InChI is InChI=1S/C28H23N3O3/c1-34-22-13-6-18(7-14-22)8-15-26(33)29-17-20-16-24-23-4-2-3-5-25(23)31-28(24)27(30-20)19-9-11-21(32)12-10-19/h2-16,31-32H,17H2,1H3,(H,29,33)/b15-8+. The summed E-state index contributed by atoms with van der Waals surface area (Å²) in [5.41, 5.74) is 5.23. The highest BCUT2D eigenvalue weighted by molar-refractivity contribution is 6.11. The molecule has 0 aliphatic rings. The molecule has 2 aromatic heterocycles. The maximum Gasteiger partial charge on any atom is 0.244 e. The Bertz CT molecular complexity index is 1500. The molecule has 5 aromatic rings. The predicted octanol–water partition coefficient (Wildman–Crippen LogP) is 5.43. The number of methoxy groups -OCH3 is 1. The minimum absolute atomic E-state index is 0.198. The second kappa shape index (κ2) is 9.11. The number of phenols is 1. The molecule has 1 amide bonds. The molecule has 3 aromatic carbocycles. The van der Waals surface area contributed by atoms with Gasteiger partial charge in [-0.05, 0) is 60.2 Å². The number of phenolic OH excluding ortho intramolecular Hbond substituents is 1. The molecule has 6 heteroatoms. The van der Waals surface area contributed by atoms with Crippen LogP contribution in [0.4, 0.5) is 0 Å². The summed E-state index contributed by atoms with van der Waals surface area (Å²) in [5, 5.41) is 14.7. The zero-order chi connectivity index (χ0) is 23.5. The lowest BCUT2D eigenvalue weighted by Gasteiger charge is -2.08. The van der Waals surface area contributed by atoms with Crippen LogP contribution in [0.2, 0.25) is 0 Å². The van der Waals surface area contributed by atoms with Gasteiger partial charge in [0.15, 0.2) is 0 Å². The van der Waals surface area contributed by atoms with Crippen molar-refractivity contribution in [2.75, 3.05) is 7.11 Å². The zero-order valence-corrected chi connectivity index (χ0v) is 18.6. The summed E-state index contributed by atoms with van der Waals surface area (Å²) in [5.74, 6) is 0.760. The van der Waals surface area contributed by atoms with Crippen LogP contribution in [-0.4, -0.2) is 28.1 Å². The molecule has 2 heterocycles. The molecule has 0 bridgehead atoms. The summed E-state index contributed by atoms with van der Waals surface area (Å²) >= 11 is 0. The Hall–Kier alpha value is -4.58. The van der Waals surface area contributed by atoms with E-state index in [9.17, 15) is 9.90 Å². The van der Waals surface area contributed by atoms with Gasteiger partial charge in [0.2, 0.25) is 5.91 Å². The highest BCUT2D eigenvalue weighted by Crippen LogP contribution is 2.33. The minimum atomic E-state index is -0.206. The fourth-order valence-electron chi connectivity index (χ4n) is 3.94. The molecule has 0 atom stereocenters. The predicted molar refractivity (Wildman–Crippen MR) is 135 cm³/mol. The second-order valence-electron chi connectivity index (χ2n) is 7.93. The van der Waals surface area contributed by atoms with Crippen molar-refractivity contribution >= 4 is 33.8 Å². The van der Waals surface area contributed by atoms with Crippen LogP contribution >= 0.6 is 0 Å². The lowest BCUT2D eigenvalue weighted by molar-refractivity contribution is -0.116. The number of aromatic hydroxyl groups is 1. The third-order valence-corrected chi connectivity index (χ3v) is 5.68. The first-order valence-electron chi connectivity index (χ1n) is 10.9. The van der Waals surface area contributed by atoms with Gasteiger partial charge in [-0.1, -0.05) is 30.3 Å². The van der Waals surface area contributed by atoms with E-state index in [0.717, 1.165) is 50.1 Å². The molecule has 34 heavy (non-hydrogen) atoms. The number of hydrogen-bond acceptors (Lipinski definition) is 4. The monoisotopic (exact) mass is 449 g/mol. The van der Waals surface area contributed by atoms with E-state index in [0.29, 0.717) is 0 Å². The Morgan fingerprint density at radius 2 is 1.79 bits per heavy atom. The van der Waals surface area contributed by atoms with Crippen LogP contribution in [0, 0.1) is 0 Å². The van der Waals surface area contributed by atoms with Gasteiger partial charge < -0.3 is 20.1 Å². The van der Waals surface area contributed by atoms with Gasteiger partial charge in [0.25, 0.3) is 0 Å². The van der Waals surface area contributed by atoms with Crippen molar-refractivity contribution in [1.29, 1.82) is 0 Å². The summed E-state index contributed by atoms with van der Waals surface area (Å²) in [6, 6.07) is 24.5. The molecule has 0 aliphatic heterocycles. The van der Waals surface area contributed by atoms with E-state index in [1.807, 2.05) is 60.7 Å². The van der Waals surface area contributed by atoms with Crippen molar-refractivity contribution in [3.63, 3.8) is 0 Å². The zero-order valence-electron chi connectivity index (χ0n) is 18.6. The fraction of sp³-hybridized carbons (Fsp3) is 0.0714. The number of ether oxygens (including phenoxy) is 1. The van der Waals surface area contributed by atoms with Gasteiger partial charge in [0.05, 0.1) is 30.6 Å². The van der Waals surface area contributed by atoms with E-state index in [1.165, 1.54) is 6.08 Å². The van der Waals surface area contributed by atoms with E-state index in [-0.39, 0.29) is 18.2 Å². The van der Waals surface area contributed by atoms with Gasteiger partial charge in [-0.25, -0.2) is 4.98 Å². The number of hydrogen-bond donors (Lipinski definition) is 3. The van der Waals surface area contributed by atoms with Crippen molar-refractivity contribution < 1.29 is 14.6 Å². The number of para-hydroxylation sites is 1. The van der Waals surface area contributed by atoms with E-state index in [1.54, 1.807) is 25.3 Å². The Kier molecular flexibility index (Phi) is 5.70. The summed E-state index contributed by atoms with van der Waals surface area (Å²) < 4.78 is 5.16. The Labute approximate surface area is 196 Å². The summed E-state index contributed by atoms with van der Waals surface area (Å²) in [4.78, 5) is 20.8. The normalized spacial score (nSPS) is 11.3. The van der Waals surface area contributed by atoms with Crippen molar-refractivity contribution in [2.24, 2.45) is 0 Å². The lowest BCUT2D eigenvalue weighted by Crippen LogP contribution is -2.21. The number of fused-ring (bicyclic) bond motifs is 3. The van der Waals surface area contributed by atoms with Gasteiger partial charge in [0, 0.05) is 27.9 Å². The van der Waals surface area contributed by atoms with E-state index >= 15 is 0 Å². The van der Waals surface area contributed by atoms with Gasteiger partial charge in [0.1, 0.15) is 11.5 Å². The first kappa shape index (κ1) is 21.3. The van der Waals surface area contributed by atoms with Crippen molar-refractivity contribution in [1.82, 2.24) is 15.3 Å². The maximum absolute atomic E-state index is 12.4. The van der Waals surface area contributed by atoms with Crippen LogP contribution in [0.25, 0.3) is 39.1 Å². The molecule has 0 saturated heterocycles. The summed E-state index contributed by atoms with van der Waals surface area (Å²) in [6.07, 6.45) is 3.26. The number of aromatic nitrogens is 2. The molecule has 5 rings (SSSR count). The number of rotatable bonds is 6. The van der Waals surface area contributed by atoms with Crippen molar-refractivity contribution in [3.8, 4) is 22.8 Å². The number of H-pyrrole nitrogens is 1. The largest absolute Gasteiger partial charge is 0.508 e. The quantitative estimate of drug-likeness (QED) is 0.302. The topological polar surface area (TPSA) is 87.2 Å². The number of carbonyl (C=O) groups excluding carboxylic acids is 1. The van der Waals surface area contributed by atoms with Gasteiger partial charge >= 0.3 is 0 Å². The molecule has 0 radical (unpaired) electrons. The third kappa shape index (κ3) is 4.34. The highest BCUT2D eigenvalue weighted by atomic mass is 16.5. The molecule has 3 N–H and O–H groups in total. The molecule has 0 unspecified atom stereocenters. The van der Waals surface area contributed by atoms with Crippen LogP contribution < -0.4 is 10.1 Å². The van der Waals surface area contributed by atoms with Gasteiger partial charge in [-0.3, -0.25) is 4.79 Å². The van der Waals surface area contributed by atoms with Gasteiger partial charge in [-0.2, -0.15) is 0 Å². The van der Waals surface area contributed by atoms with Crippen LogP contribution in [0.15, 0.2) is 84.9 Å². The number of benzene rings is 3. The summed E-state index contributed by atoms with van der Waals surface area (Å²) in [7, 11) is 1.62. The Morgan fingerprint density at radius 1 is 1.03 bits per heavy atom. The van der Waals surface area contributed by atoms with Crippen LogP contribution in [0.3, 0.4) is 0 Å². The average Bonchev–Trinajstić information content (AvgIpc) is 3.25. The van der Waals surface area contributed by atoms with E-state index in [4.69, 9.17) is 9.72 Å². The Balaban J connectivity index is 1.43. The number of amides is 1. The number of aromatic amines is 1. The number of nitrogens with one attached hydrogen (secondary N) is 2. The highest BCUT2D eigenvalue weighted by Gasteiger charge is 2.14. The number of nitrogens with zero attached hydrogens (tertiary/aromatic N) is 1. The Morgan fingerprint density at radius 3 is 2.56 bits per heavy atom. The third-order valence-electron chi connectivity index (χ3n) is 5.68. The van der Waals surface area contributed by atoms with Crippen LogP contribution in [-0.2, 0) is 11.3 Å². The van der Waals surface area contributed by atoms with Crippen LogP contribution in [0.5, 0.6) is 11.5 Å². The first-order chi connectivity index (χ1) is 16.6. The molecule has 0 saturated carbocycles. The summed E-state index contributed by atoms with van der Waals surface area (Å²) in [6.45, 7) is 0.284. The van der Waals surface area contributed by atoms with E-state index in [2.05, 4.69) is 16.4 Å². The minimum Gasteiger partial charge on any atom is -0.508 e. The number of pyridine rings is 1. The maximum atomic E-state index is 12.4. The average molecular weight is 450 g/mol. The van der Waals surface area contributed by atoms with Crippen molar-refractivity contribution in [3.05, 3.63) is 96.2 Å². The van der Waals surface area contributed by atoms with E-state index < -0.39 is 0 Å². The lowest BCUT2D eigenvalue weighted by atomic mass is 10.1. The van der Waals surface area contributed by atoms with Gasteiger partial charge in [-0.15, -0.1) is 0 Å². The molecule has 168 valence electrons. The van der Waals surface area contributed by atoms with Crippen LogP contribution in [0.1, 0.15) is 11.3 Å². The molecule has 0 aliphatic carbocycles. The number of carbonyl (C=O) groups is 1. The van der Waals surface area contributed by atoms with Crippen molar-refractivity contribution in [2.45, 2.75) is 6.54 Å². The molecular weight excluding hydrogens is 426 g/mol. The smallest absolute Gasteiger partial charge is 0.244 e. The molecular formula is C28H23N3O3. The molecule has 0 spiro atoms. The fourth-order valence-corrected chi connectivity index (χ4v) is 3.94. The molecule has 6 nitrogen and oxygen atoms in total. The second-order valence-corrected chi connectivity index (χ2v) is 7.93.